The number of halogens is 2. The minimum Gasteiger partial charge on any atom is -0.457 e. The Morgan fingerprint density at radius 3 is 2.62 bits per heavy atom. The van der Waals surface area contributed by atoms with Crippen molar-refractivity contribution in [1.29, 1.82) is 0 Å². The van der Waals surface area contributed by atoms with Gasteiger partial charge in [0.1, 0.15) is 17.3 Å². The van der Waals surface area contributed by atoms with E-state index < -0.39 is 0 Å². The van der Waals surface area contributed by atoms with Crippen molar-refractivity contribution in [2.24, 2.45) is 0 Å². The summed E-state index contributed by atoms with van der Waals surface area (Å²) >= 11 is 3.48. The number of ether oxygens (including phenoxy) is 1. The molecule has 0 amide bonds. The van der Waals surface area contributed by atoms with E-state index in [9.17, 15) is 4.39 Å². The summed E-state index contributed by atoms with van der Waals surface area (Å²) in [6, 6.07) is 10.5. The minimum atomic E-state index is -0.250. The molecule has 0 aromatic heterocycles. The van der Waals surface area contributed by atoms with Crippen molar-refractivity contribution in [2.45, 2.75) is 26.8 Å². The fraction of sp³-hybridized carbons (Fsp3) is 0.294. The van der Waals surface area contributed by atoms with E-state index in [1.807, 2.05) is 25.1 Å². The minimum absolute atomic E-state index is 0.250. The van der Waals surface area contributed by atoms with E-state index >= 15 is 0 Å². The highest BCUT2D eigenvalue weighted by Gasteiger charge is 2.08. The molecule has 0 aliphatic rings. The fourth-order valence-electron chi connectivity index (χ4n) is 2.03. The van der Waals surface area contributed by atoms with Crippen molar-refractivity contribution in [1.82, 2.24) is 5.32 Å². The summed E-state index contributed by atoms with van der Waals surface area (Å²) in [5.74, 6) is 1.22. The predicted molar refractivity (Wildman–Crippen MR) is 87.4 cm³/mol. The van der Waals surface area contributed by atoms with Crippen LogP contribution in [0.5, 0.6) is 11.5 Å². The molecule has 21 heavy (non-hydrogen) atoms. The van der Waals surface area contributed by atoms with Crippen LogP contribution in [0.15, 0.2) is 40.9 Å². The van der Waals surface area contributed by atoms with Gasteiger partial charge >= 0.3 is 0 Å². The first kappa shape index (κ1) is 16.0. The second-order valence-electron chi connectivity index (χ2n) is 4.94. The van der Waals surface area contributed by atoms with Gasteiger partial charge in [-0.2, -0.15) is 0 Å². The first-order valence-electron chi connectivity index (χ1n) is 7.03. The van der Waals surface area contributed by atoms with Gasteiger partial charge in [-0.1, -0.05) is 22.9 Å². The summed E-state index contributed by atoms with van der Waals surface area (Å²) in [7, 11) is 0. The van der Waals surface area contributed by atoms with E-state index in [4.69, 9.17) is 4.74 Å². The smallest absolute Gasteiger partial charge is 0.132 e. The van der Waals surface area contributed by atoms with Crippen molar-refractivity contribution in [3.8, 4) is 11.5 Å². The maximum atomic E-state index is 13.2. The largest absolute Gasteiger partial charge is 0.457 e. The molecule has 2 aromatic rings. The van der Waals surface area contributed by atoms with Gasteiger partial charge in [0, 0.05) is 16.6 Å². The van der Waals surface area contributed by atoms with Gasteiger partial charge in [0.2, 0.25) is 0 Å². The van der Waals surface area contributed by atoms with E-state index in [1.165, 1.54) is 12.1 Å². The molecule has 2 nitrogen and oxygen atoms in total. The molecule has 1 N–H and O–H groups in total. The maximum Gasteiger partial charge on any atom is 0.132 e. The molecule has 0 spiro atoms. The topological polar surface area (TPSA) is 21.3 Å². The van der Waals surface area contributed by atoms with Crippen LogP contribution in [0.25, 0.3) is 0 Å². The molecular formula is C17H19BrFNO. The third-order valence-electron chi connectivity index (χ3n) is 3.12. The van der Waals surface area contributed by atoms with Crippen LogP contribution in [-0.2, 0) is 6.54 Å². The maximum absolute atomic E-state index is 13.2. The predicted octanol–water partition coefficient (Wildman–Crippen LogP) is 5.19. The Morgan fingerprint density at radius 2 is 1.90 bits per heavy atom. The standard InChI is InChI=1S/C17H19BrFNO/c1-3-8-20-11-13-10-14(18)4-6-17(13)21-16-7-5-15(19)9-12(16)2/h4-7,9-10,20H,3,8,11H2,1-2H3. The van der Waals surface area contributed by atoms with Crippen LogP contribution in [0.1, 0.15) is 24.5 Å². The van der Waals surface area contributed by atoms with Crippen molar-refractivity contribution in [2.75, 3.05) is 6.54 Å². The number of hydrogen-bond donors (Lipinski definition) is 1. The first-order valence-corrected chi connectivity index (χ1v) is 7.82. The van der Waals surface area contributed by atoms with Crippen LogP contribution in [0, 0.1) is 12.7 Å². The van der Waals surface area contributed by atoms with Gasteiger partial charge in [-0.15, -0.1) is 0 Å². The lowest BCUT2D eigenvalue weighted by molar-refractivity contribution is 0.467. The quantitative estimate of drug-likeness (QED) is 0.723. The molecule has 2 aromatic carbocycles. The third-order valence-corrected chi connectivity index (χ3v) is 3.61. The Hall–Kier alpha value is -1.39. The molecule has 0 bridgehead atoms. The Labute approximate surface area is 133 Å². The Bertz CT molecular complexity index is 616. The van der Waals surface area contributed by atoms with Crippen LogP contribution in [0.4, 0.5) is 4.39 Å². The van der Waals surface area contributed by atoms with Crippen LogP contribution < -0.4 is 10.1 Å². The van der Waals surface area contributed by atoms with Crippen LogP contribution in [-0.4, -0.2) is 6.54 Å². The van der Waals surface area contributed by atoms with E-state index in [0.717, 1.165) is 40.9 Å². The molecule has 2 rings (SSSR count). The van der Waals surface area contributed by atoms with Gasteiger partial charge < -0.3 is 10.1 Å². The van der Waals surface area contributed by atoms with Gasteiger partial charge in [0.05, 0.1) is 0 Å². The highest BCUT2D eigenvalue weighted by molar-refractivity contribution is 9.10. The lowest BCUT2D eigenvalue weighted by atomic mass is 10.2. The van der Waals surface area contributed by atoms with Crippen molar-refractivity contribution in [3.05, 3.63) is 57.8 Å². The summed E-state index contributed by atoms with van der Waals surface area (Å²) < 4.78 is 20.1. The molecule has 0 aliphatic heterocycles. The van der Waals surface area contributed by atoms with Crippen LogP contribution in [0.3, 0.4) is 0 Å². The SMILES string of the molecule is CCCNCc1cc(Br)ccc1Oc1ccc(F)cc1C. The Kier molecular flexibility index (Phi) is 5.76. The van der Waals surface area contributed by atoms with Crippen LogP contribution in [0.2, 0.25) is 0 Å². The van der Waals surface area contributed by atoms with Gasteiger partial charge in [-0.05, 0) is 61.9 Å². The summed E-state index contributed by atoms with van der Waals surface area (Å²) in [6.45, 7) is 5.67. The lowest BCUT2D eigenvalue weighted by Gasteiger charge is -2.14. The van der Waals surface area contributed by atoms with Gasteiger partial charge in [-0.25, -0.2) is 4.39 Å². The number of hydrogen-bond acceptors (Lipinski definition) is 2. The zero-order valence-corrected chi connectivity index (χ0v) is 13.8. The second kappa shape index (κ2) is 7.57. The summed E-state index contributed by atoms with van der Waals surface area (Å²) in [5, 5.41) is 3.37. The highest BCUT2D eigenvalue weighted by Crippen LogP contribution is 2.30. The first-order chi connectivity index (χ1) is 10.1. The van der Waals surface area contributed by atoms with Crippen molar-refractivity contribution in [3.63, 3.8) is 0 Å². The van der Waals surface area contributed by atoms with E-state index in [2.05, 4.69) is 28.2 Å². The lowest BCUT2D eigenvalue weighted by Crippen LogP contribution is -2.14. The van der Waals surface area contributed by atoms with Gasteiger partial charge in [0.15, 0.2) is 0 Å². The number of aryl methyl sites for hydroxylation is 1. The highest BCUT2D eigenvalue weighted by atomic mass is 79.9. The molecule has 0 saturated carbocycles. The fourth-order valence-corrected chi connectivity index (χ4v) is 2.44. The van der Waals surface area contributed by atoms with Crippen LogP contribution >= 0.6 is 15.9 Å². The van der Waals surface area contributed by atoms with E-state index in [1.54, 1.807) is 6.07 Å². The molecule has 0 fully saturated rings. The van der Waals surface area contributed by atoms with Crippen molar-refractivity contribution >= 4 is 15.9 Å². The zero-order chi connectivity index (χ0) is 15.2. The summed E-state index contributed by atoms with van der Waals surface area (Å²) in [4.78, 5) is 0. The van der Waals surface area contributed by atoms with Gasteiger partial charge in [-0.3, -0.25) is 0 Å². The van der Waals surface area contributed by atoms with E-state index in [-0.39, 0.29) is 5.82 Å². The average Bonchev–Trinajstić information content (AvgIpc) is 2.44. The van der Waals surface area contributed by atoms with Gasteiger partial charge in [0.25, 0.3) is 0 Å². The Morgan fingerprint density at radius 1 is 1.14 bits per heavy atom. The van der Waals surface area contributed by atoms with Crippen molar-refractivity contribution < 1.29 is 9.13 Å². The molecule has 0 saturated heterocycles. The molecule has 0 heterocycles. The molecule has 0 radical (unpaired) electrons. The molecular weight excluding hydrogens is 333 g/mol. The summed E-state index contributed by atoms with van der Waals surface area (Å²) in [5.41, 5.74) is 1.85. The Balaban J connectivity index is 2.22. The monoisotopic (exact) mass is 351 g/mol. The zero-order valence-electron chi connectivity index (χ0n) is 12.2. The second-order valence-corrected chi connectivity index (χ2v) is 5.86. The molecule has 4 heteroatoms. The number of nitrogens with one attached hydrogen (secondary N) is 1. The van der Waals surface area contributed by atoms with E-state index in [0.29, 0.717) is 5.75 Å². The molecule has 112 valence electrons. The average molecular weight is 352 g/mol. The normalized spacial score (nSPS) is 10.7. The molecule has 0 unspecified atom stereocenters. The summed E-state index contributed by atoms with van der Waals surface area (Å²) in [6.07, 6.45) is 1.08. The third kappa shape index (κ3) is 4.55. The number of rotatable bonds is 6. The number of benzene rings is 2. The molecule has 0 atom stereocenters. The molecule has 0 aliphatic carbocycles.